The first-order valence-corrected chi connectivity index (χ1v) is 6.10. The third kappa shape index (κ3) is 2.23. The first-order chi connectivity index (χ1) is 9.65. The number of rotatable bonds is 2. The number of hydrogen-bond donors (Lipinski definition) is 1. The molecular formula is C14H8ClFN2O2. The summed E-state index contributed by atoms with van der Waals surface area (Å²) in [6, 6.07) is 10.8. The average Bonchev–Trinajstić information content (AvgIpc) is 2.88. The van der Waals surface area contributed by atoms with Gasteiger partial charge in [0.1, 0.15) is 17.1 Å². The van der Waals surface area contributed by atoms with E-state index in [9.17, 15) is 9.50 Å². The second-order valence-electron chi connectivity index (χ2n) is 4.07. The highest BCUT2D eigenvalue weighted by Gasteiger charge is 2.18. The number of aromatic nitrogens is 2. The number of hydrogen-bond acceptors (Lipinski definition) is 4. The molecule has 0 radical (unpaired) electrons. The van der Waals surface area contributed by atoms with Crippen molar-refractivity contribution in [1.29, 1.82) is 0 Å². The van der Waals surface area contributed by atoms with Crippen molar-refractivity contribution < 1.29 is 14.0 Å². The van der Waals surface area contributed by atoms with Gasteiger partial charge in [-0.2, -0.15) is 4.98 Å². The Balaban J connectivity index is 2.07. The zero-order valence-electron chi connectivity index (χ0n) is 10.0. The van der Waals surface area contributed by atoms with Gasteiger partial charge in [0.15, 0.2) is 0 Å². The molecule has 0 amide bonds. The lowest BCUT2D eigenvalue weighted by molar-refractivity contribution is 0.421. The number of halogens is 2. The summed E-state index contributed by atoms with van der Waals surface area (Å²) in [5, 5.41) is 14.0. The van der Waals surface area contributed by atoms with Gasteiger partial charge in [0, 0.05) is 10.6 Å². The van der Waals surface area contributed by atoms with Crippen LogP contribution in [0.25, 0.3) is 22.8 Å². The molecule has 0 aliphatic rings. The molecular weight excluding hydrogens is 283 g/mol. The minimum Gasteiger partial charge on any atom is -0.507 e. The molecule has 100 valence electrons. The lowest BCUT2D eigenvalue weighted by Crippen LogP contribution is -1.86. The van der Waals surface area contributed by atoms with E-state index in [-0.39, 0.29) is 23.0 Å². The third-order valence-corrected chi connectivity index (χ3v) is 2.95. The summed E-state index contributed by atoms with van der Waals surface area (Å²) in [7, 11) is 0. The van der Waals surface area contributed by atoms with Crippen molar-refractivity contribution in [3.05, 3.63) is 53.3 Å². The third-order valence-electron chi connectivity index (χ3n) is 2.71. The topological polar surface area (TPSA) is 59.2 Å². The van der Waals surface area contributed by atoms with Crippen molar-refractivity contribution in [1.82, 2.24) is 10.1 Å². The Morgan fingerprint density at radius 1 is 1.15 bits per heavy atom. The molecule has 0 aliphatic carbocycles. The molecule has 6 heteroatoms. The predicted octanol–water partition coefficient (Wildman–Crippen LogP) is 3.90. The van der Waals surface area contributed by atoms with Gasteiger partial charge >= 0.3 is 0 Å². The minimum absolute atomic E-state index is 0.0874. The van der Waals surface area contributed by atoms with Crippen molar-refractivity contribution in [3.8, 4) is 28.6 Å². The van der Waals surface area contributed by atoms with E-state index < -0.39 is 5.82 Å². The van der Waals surface area contributed by atoms with Gasteiger partial charge in [-0.1, -0.05) is 35.0 Å². The van der Waals surface area contributed by atoms with Crippen molar-refractivity contribution in [2.75, 3.05) is 0 Å². The molecule has 0 bridgehead atoms. The Kier molecular flexibility index (Phi) is 3.12. The van der Waals surface area contributed by atoms with E-state index in [0.29, 0.717) is 10.6 Å². The summed E-state index contributed by atoms with van der Waals surface area (Å²) in [6.07, 6.45) is 0. The van der Waals surface area contributed by atoms with E-state index in [1.807, 2.05) is 0 Å². The fourth-order valence-corrected chi connectivity index (χ4v) is 1.98. The van der Waals surface area contributed by atoms with Crippen LogP contribution in [0.3, 0.4) is 0 Å². The highest BCUT2D eigenvalue weighted by molar-refractivity contribution is 6.30. The standard InChI is InChI=1S/C14H8ClFN2O2/c15-9-4-1-3-8(7-9)13-17-14(20-18-13)12-10(16)5-2-6-11(12)19/h1-7,19H. The molecule has 0 atom stereocenters. The lowest BCUT2D eigenvalue weighted by atomic mass is 10.2. The quantitative estimate of drug-likeness (QED) is 0.777. The van der Waals surface area contributed by atoms with Crippen molar-refractivity contribution >= 4 is 11.6 Å². The first-order valence-electron chi connectivity index (χ1n) is 5.72. The van der Waals surface area contributed by atoms with Crippen LogP contribution in [0.15, 0.2) is 47.0 Å². The van der Waals surface area contributed by atoms with E-state index in [0.717, 1.165) is 0 Å². The van der Waals surface area contributed by atoms with Crippen LogP contribution in [0, 0.1) is 5.82 Å². The van der Waals surface area contributed by atoms with Crippen LogP contribution in [0.5, 0.6) is 5.75 Å². The van der Waals surface area contributed by atoms with Crippen LogP contribution in [0.4, 0.5) is 4.39 Å². The van der Waals surface area contributed by atoms with Crippen LogP contribution >= 0.6 is 11.6 Å². The van der Waals surface area contributed by atoms with Gasteiger partial charge in [-0.3, -0.25) is 0 Å². The van der Waals surface area contributed by atoms with Crippen LogP contribution < -0.4 is 0 Å². The number of aromatic hydroxyl groups is 1. The molecule has 4 nitrogen and oxygen atoms in total. The molecule has 20 heavy (non-hydrogen) atoms. The summed E-state index contributed by atoms with van der Waals surface area (Å²) < 4.78 is 18.7. The lowest BCUT2D eigenvalue weighted by Gasteiger charge is -1.99. The van der Waals surface area contributed by atoms with Crippen molar-refractivity contribution in [3.63, 3.8) is 0 Å². The first kappa shape index (κ1) is 12.6. The molecule has 2 aromatic carbocycles. The molecule has 0 fully saturated rings. The summed E-state index contributed by atoms with van der Waals surface area (Å²) in [6.45, 7) is 0. The Morgan fingerprint density at radius 2 is 1.95 bits per heavy atom. The van der Waals surface area contributed by atoms with Crippen molar-refractivity contribution in [2.45, 2.75) is 0 Å². The molecule has 0 saturated heterocycles. The summed E-state index contributed by atoms with van der Waals surface area (Å²) >= 11 is 5.88. The highest BCUT2D eigenvalue weighted by Crippen LogP contribution is 2.31. The SMILES string of the molecule is Oc1cccc(F)c1-c1nc(-c2cccc(Cl)c2)no1. The number of phenolic OH excluding ortho intramolecular Hbond substituents is 1. The predicted molar refractivity (Wildman–Crippen MR) is 71.8 cm³/mol. The highest BCUT2D eigenvalue weighted by atomic mass is 35.5. The fourth-order valence-electron chi connectivity index (χ4n) is 1.79. The van der Waals surface area contributed by atoms with Crippen LogP contribution in [0.1, 0.15) is 0 Å². The van der Waals surface area contributed by atoms with Gasteiger partial charge in [-0.05, 0) is 24.3 Å². The van der Waals surface area contributed by atoms with Gasteiger partial charge in [0.25, 0.3) is 5.89 Å². The van der Waals surface area contributed by atoms with Gasteiger partial charge in [-0.25, -0.2) is 4.39 Å². The molecule has 3 rings (SSSR count). The van der Waals surface area contributed by atoms with E-state index in [4.69, 9.17) is 16.1 Å². The molecule has 1 aromatic heterocycles. The van der Waals surface area contributed by atoms with Crippen LogP contribution in [-0.4, -0.2) is 15.2 Å². The Morgan fingerprint density at radius 3 is 2.70 bits per heavy atom. The fraction of sp³-hybridized carbons (Fsp3) is 0. The summed E-state index contributed by atoms with van der Waals surface area (Å²) in [5.74, 6) is -0.710. The van der Waals surface area contributed by atoms with Gasteiger partial charge in [0.05, 0.1) is 0 Å². The zero-order chi connectivity index (χ0) is 14.1. The molecule has 0 spiro atoms. The average molecular weight is 291 g/mol. The number of nitrogens with zero attached hydrogens (tertiary/aromatic N) is 2. The maximum Gasteiger partial charge on any atom is 0.265 e. The Bertz CT molecular complexity index is 753. The van der Waals surface area contributed by atoms with Gasteiger partial charge in [-0.15, -0.1) is 0 Å². The Labute approximate surface area is 118 Å². The maximum absolute atomic E-state index is 13.7. The van der Waals surface area contributed by atoms with Crippen LogP contribution in [-0.2, 0) is 0 Å². The van der Waals surface area contributed by atoms with Crippen molar-refractivity contribution in [2.24, 2.45) is 0 Å². The summed E-state index contributed by atoms with van der Waals surface area (Å²) in [4.78, 5) is 4.08. The summed E-state index contributed by atoms with van der Waals surface area (Å²) in [5.41, 5.74) is 0.525. The molecule has 3 aromatic rings. The number of benzene rings is 2. The van der Waals surface area contributed by atoms with E-state index >= 15 is 0 Å². The van der Waals surface area contributed by atoms with E-state index in [1.165, 1.54) is 18.2 Å². The molecule has 0 aliphatic heterocycles. The zero-order valence-corrected chi connectivity index (χ0v) is 10.8. The Hall–Kier alpha value is -2.40. The molecule has 0 unspecified atom stereocenters. The monoisotopic (exact) mass is 290 g/mol. The maximum atomic E-state index is 13.7. The van der Waals surface area contributed by atoms with E-state index in [2.05, 4.69) is 10.1 Å². The van der Waals surface area contributed by atoms with E-state index in [1.54, 1.807) is 24.3 Å². The minimum atomic E-state index is -0.633. The molecule has 1 heterocycles. The smallest absolute Gasteiger partial charge is 0.265 e. The normalized spacial score (nSPS) is 10.7. The molecule has 1 N–H and O–H groups in total. The van der Waals surface area contributed by atoms with Crippen LogP contribution in [0.2, 0.25) is 5.02 Å². The second-order valence-corrected chi connectivity index (χ2v) is 4.50. The largest absolute Gasteiger partial charge is 0.507 e. The molecule has 0 saturated carbocycles. The van der Waals surface area contributed by atoms with Gasteiger partial charge < -0.3 is 9.63 Å². The second kappa shape index (κ2) is 4.94. The number of phenols is 1. The van der Waals surface area contributed by atoms with Gasteiger partial charge in [0.2, 0.25) is 5.82 Å².